The summed E-state index contributed by atoms with van der Waals surface area (Å²) in [6.07, 6.45) is 5.02. The zero-order chi connectivity index (χ0) is 17.9. The van der Waals surface area contributed by atoms with Gasteiger partial charge in [0.05, 0.1) is 5.69 Å². The molecule has 128 valence electrons. The van der Waals surface area contributed by atoms with Crippen molar-refractivity contribution in [3.8, 4) is 17.1 Å². The van der Waals surface area contributed by atoms with E-state index in [1.165, 1.54) is 16.9 Å². The van der Waals surface area contributed by atoms with Gasteiger partial charge in [0.2, 0.25) is 0 Å². The third-order valence-corrected chi connectivity index (χ3v) is 4.48. The van der Waals surface area contributed by atoms with Gasteiger partial charge >= 0.3 is 0 Å². The molecule has 26 heavy (non-hydrogen) atoms. The van der Waals surface area contributed by atoms with Crippen LogP contribution in [-0.2, 0) is 0 Å². The number of carbonyl (C=O) groups is 1. The molecule has 4 aromatic rings. The minimum atomic E-state index is -0.348. The molecular weight excluding hydrogens is 348 g/mol. The Morgan fingerprint density at radius 2 is 1.96 bits per heavy atom. The number of aryl methyl sites for hydroxylation is 1. The van der Waals surface area contributed by atoms with Gasteiger partial charge in [-0.2, -0.15) is 0 Å². The number of imidazole rings is 1. The van der Waals surface area contributed by atoms with Crippen molar-refractivity contribution in [3.63, 3.8) is 0 Å². The first-order chi connectivity index (χ1) is 12.7. The van der Waals surface area contributed by atoms with Crippen molar-refractivity contribution in [2.24, 2.45) is 0 Å². The van der Waals surface area contributed by atoms with E-state index in [0.717, 1.165) is 11.3 Å². The van der Waals surface area contributed by atoms with E-state index in [1.807, 2.05) is 36.6 Å². The second-order valence-corrected chi connectivity index (χ2v) is 6.46. The summed E-state index contributed by atoms with van der Waals surface area (Å²) in [4.78, 5) is 20.7. The van der Waals surface area contributed by atoms with Crippen LogP contribution in [0, 0.1) is 6.92 Å². The molecule has 3 heterocycles. The maximum absolute atomic E-state index is 12.3. The SMILES string of the molecule is Cc1ccc(-c2csc(NC(=O)c3ccc(-n4ccnc4)nn3)n2)cc1. The summed E-state index contributed by atoms with van der Waals surface area (Å²) in [6, 6.07) is 11.4. The molecule has 0 radical (unpaired) electrons. The quantitative estimate of drug-likeness (QED) is 0.602. The van der Waals surface area contributed by atoms with Crippen molar-refractivity contribution in [2.75, 3.05) is 5.32 Å². The van der Waals surface area contributed by atoms with E-state index in [2.05, 4.69) is 25.5 Å². The lowest BCUT2D eigenvalue weighted by Gasteiger charge is -2.02. The third kappa shape index (κ3) is 3.35. The maximum atomic E-state index is 12.3. The van der Waals surface area contributed by atoms with E-state index in [9.17, 15) is 4.79 Å². The van der Waals surface area contributed by atoms with Gasteiger partial charge in [0.15, 0.2) is 16.6 Å². The molecule has 3 aromatic heterocycles. The first-order valence-electron chi connectivity index (χ1n) is 7.85. The van der Waals surface area contributed by atoms with Crippen LogP contribution in [0.15, 0.2) is 60.5 Å². The number of benzene rings is 1. The van der Waals surface area contributed by atoms with Crippen LogP contribution < -0.4 is 5.32 Å². The molecule has 0 atom stereocenters. The number of carbonyl (C=O) groups excluding carboxylic acids is 1. The topological polar surface area (TPSA) is 85.6 Å². The van der Waals surface area contributed by atoms with Gasteiger partial charge in [-0.05, 0) is 19.1 Å². The smallest absolute Gasteiger partial charge is 0.277 e. The molecule has 0 aliphatic heterocycles. The Kier molecular flexibility index (Phi) is 4.24. The monoisotopic (exact) mass is 362 g/mol. The Labute approximate surface area is 153 Å². The summed E-state index contributed by atoms with van der Waals surface area (Å²) in [5.74, 6) is 0.245. The van der Waals surface area contributed by atoms with Crippen LogP contribution in [0.1, 0.15) is 16.1 Å². The number of hydrogen-bond acceptors (Lipinski definition) is 6. The Hall–Kier alpha value is -3.39. The molecule has 0 aliphatic carbocycles. The van der Waals surface area contributed by atoms with Gasteiger partial charge < -0.3 is 0 Å². The molecular formula is C18H14N6OS. The Balaban J connectivity index is 1.47. The zero-order valence-electron chi connectivity index (χ0n) is 13.8. The Morgan fingerprint density at radius 1 is 1.12 bits per heavy atom. The molecule has 0 unspecified atom stereocenters. The van der Waals surface area contributed by atoms with Crippen LogP contribution in [0.25, 0.3) is 17.1 Å². The minimum absolute atomic E-state index is 0.223. The van der Waals surface area contributed by atoms with Gasteiger partial charge in [0.25, 0.3) is 5.91 Å². The molecule has 0 spiro atoms. The molecule has 0 saturated carbocycles. The highest BCUT2D eigenvalue weighted by Gasteiger charge is 2.12. The van der Waals surface area contributed by atoms with Crippen LogP contribution in [-0.4, -0.2) is 30.6 Å². The number of nitrogens with zero attached hydrogens (tertiary/aromatic N) is 5. The van der Waals surface area contributed by atoms with E-state index in [-0.39, 0.29) is 11.6 Å². The number of rotatable bonds is 4. The highest BCUT2D eigenvalue weighted by atomic mass is 32.1. The second-order valence-electron chi connectivity index (χ2n) is 5.60. The highest BCUT2D eigenvalue weighted by molar-refractivity contribution is 7.14. The molecule has 8 heteroatoms. The number of aromatic nitrogens is 5. The van der Waals surface area contributed by atoms with Gasteiger partial charge in [0, 0.05) is 23.3 Å². The van der Waals surface area contributed by atoms with Crippen molar-refractivity contribution in [1.29, 1.82) is 0 Å². The minimum Gasteiger partial charge on any atom is -0.296 e. The molecule has 1 amide bonds. The standard InChI is InChI=1S/C18H14N6OS/c1-12-2-4-13(5-3-12)15-10-26-18(20-15)21-17(25)14-6-7-16(23-22-14)24-9-8-19-11-24/h2-11H,1H3,(H,20,21,25). The molecule has 0 bridgehead atoms. The number of thiazole rings is 1. The highest BCUT2D eigenvalue weighted by Crippen LogP contribution is 2.25. The number of amides is 1. The summed E-state index contributed by atoms with van der Waals surface area (Å²) in [7, 11) is 0. The normalized spacial score (nSPS) is 10.7. The number of anilines is 1. The summed E-state index contributed by atoms with van der Waals surface area (Å²) < 4.78 is 1.71. The fourth-order valence-electron chi connectivity index (χ4n) is 2.33. The van der Waals surface area contributed by atoms with Crippen molar-refractivity contribution < 1.29 is 4.79 Å². The average molecular weight is 362 g/mol. The predicted molar refractivity (Wildman–Crippen MR) is 99.4 cm³/mol. The molecule has 0 aliphatic rings. The zero-order valence-corrected chi connectivity index (χ0v) is 14.6. The number of hydrogen-bond donors (Lipinski definition) is 1. The van der Waals surface area contributed by atoms with Crippen molar-refractivity contribution >= 4 is 22.4 Å². The lowest BCUT2D eigenvalue weighted by Crippen LogP contribution is -2.14. The summed E-state index contributed by atoms with van der Waals surface area (Å²) in [5.41, 5.74) is 3.25. The Morgan fingerprint density at radius 3 is 2.65 bits per heavy atom. The molecule has 0 saturated heterocycles. The van der Waals surface area contributed by atoms with E-state index >= 15 is 0 Å². The average Bonchev–Trinajstić information content (AvgIpc) is 3.35. The van der Waals surface area contributed by atoms with E-state index in [1.54, 1.807) is 35.4 Å². The van der Waals surface area contributed by atoms with Crippen LogP contribution in [0.5, 0.6) is 0 Å². The van der Waals surface area contributed by atoms with Gasteiger partial charge in [-0.1, -0.05) is 29.8 Å². The fraction of sp³-hybridized carbons (Fsp3) is 0.0556. The Bertz CT molecular complexity index is 1020. The lowest BCUT2D eigenvalue weighted by molar-refractivity contribution is 0.102. The van der Waals surface area contributed by atoms with Gasteiger partial charge in [-0.3, -0.25) is 14.7 Å². The van der Waals surface area contributed by atoms with Gasteiger partial charge in [-0.25, -0.2) is 9.97 Å². The molecule has 7 nitrogen and oxygen atoms in total. The molecule has 1 N–H and O–H groups in total. The van der Waals surface area contributed by atoms with Crippen LogP contribution >= 0.6 is 11.3 Å². The summed E-state index contributed by atoms with van der Waals surface area (Å²) in [6.45, 7) is 2.04. The molecule has 1 aromatic carbocycles. The fourth-order valence-corrected chi connectivity index (χ4v) is 3.04. The van der Waals surface area contributed by atoms with Crippen LogP contribution in [0.4, 0.5) is 5.13 Å². The first-order valence-corrected chi connectivity index (χ1v) is 8.73. The first kappa shape index (κ1) is 16.1. The third-order valence-electron chi connectivity index (χ3n) is 3.72. The van der Waals surface area contributed by atoms with E-state index in [4.69, 9.17) is 0 Å². The molecule has 4 rings (SSSR count). The van der Waals surface area contributed by atoms with Gasteiger partial charge in [0.1, 0.15) is 6.33 Å². The van der Waals surface area contributed by atoms with E-state index < -0.39 is 0 Å². The lowest BCUT2D eigenvalue weighted by atomic mass is 10.1. The second kappa shape index (κ2) is 6.85. The summed E-state index contributed by atoms with van der Waals surface area (Å²) in [5, 5.41) is 13.2. The maximum Gasteiger partial charge on any atom is 0.277 e. The van der Waals surface area contributed by atoms with E-state index in [0.29, 0.717) is 10.9 Å². The predicted octanol–water partition coefficient (Wildman–Crippen LogP) is 3.35. The van der Waals surface area contributed by atoms with Crippen molar-refractivity contribution in [3.05, 3.63) is 71.8 Å². The summed E-state index contributed by atoms with van der Waals surface area (Å²) >= 11 is 1.37. The largest absolute Gasteiger partial charge is 0.296 e. The van der Waals surface area contributed by atoms with Crippen molar-refractivity contribution in [2.45, 2.75) is 6.92 Å². The number of nitrogens with one attached hydrogen (secondary N) is 1. The van der Waals surface area contributed by atoms with Gasteiger partial charge in [-0.15, -0.1) is 21.5 Å². The van der Waals surface area contributed by atoms with Crippen molar-refractivity contribution in [1.82, 2.24) is 24.7 Å². The van der Waals surface area contributed by atoms with Crippen LogP contribution in [0.2, 0.25) is 0 Å². The molecule has 0 fully saturated rings. The van der Waals surface area contributed by atoms with Crippen LogP contribution in [0.3, 0.4) is 0 Å².